The van der Waals surface area contributed by atoms with Crippen molar-refractivity contribution in [3.05, 3.63) is 53.5 Å². The second-order valence-electron chi connectivity index (χ2n) is 3.53. The highest BCUT2D eigenvalue weighted by Crippen LogP contribution is 2.21. The van der Waals surface area contributed by atoms with Crippen LogP contribution < -0.4 is 5.56 Å². The zero-order valence-corrected chi connectivity index (χ0v) is 8.79. The van der Waals surface area contributed by atoms with Gasteiger partial charge in [0.1, 0.15) is 5.52 Å². The molecule has 0 aromatic carbocycles. The van der Waals surface area contributed by atoms with E-state index in [0.29, 0.717) is 16.6 Å². The Balaban J connectivity index is 2.39. The maximum atomic E-state index is 11.6. The van der Waals surface area contributed by atoms with Gasteiger partial charge in [0.25, 0.3) is 5.56 Å². The molecular formula is C12H8N4O. The normalized spacial score (nSPS) is 10.6. The van der Waals surface area contributed by atoms with Gasteiger partial charge >= 0.3 is 0 Å². The summed E-state index contributed by atoms with van der Waals surface area (Å²) in [5.41, 5.74) is 1.93. The Morgan fingerprint density at radius 2 is 2.06 bits per heavy atom. The summed E-state index contributed by atoms with van der Waals surface area (Å²) >= 11 is 0. The minimum Gasteiger partial charge on any atom is -0.313 e. The van der Waals surface area contributed by atoms with Crippen molar-refractivity contribution in [2.45, 2.75) is 0 Å². The Kier molecular flexibility index (Phi) is 2.15. The first-order chi connectivity index (χ1) is 8.36. The first-order valence-corrected chi connectivity index (χ1v) is 5.09. The molecule has 3 heterocycles. The number of fused-ring (bicyclic) bond motifs is 1. The lowest BCUT2D eigenvalue weighted by molar-refractivity contribution is 1.16. The molecule has 82 valence electrons. The Labute approximate surface area is 96.2 Å². The maximum absolute atomic E-state index is 11.6. The predicted octanol–water partition coefficient (Wildman–Crippen LogP) is 1.38. The van der Waals surface area contributed by atoms with E-state index in [-0.39, 0.29) is 5.56 Å². The third-order valence-corrected chi connectivity index (χ3v) is 2.49. The predicted molar refractivity (Wildman–Crippen MR) is 63.4 cm³/mol. The largest absolute Gasteiger partial charge is 0.313 e. The van der Waals surface area contributed by atoms with Gasteiger partial charge in [-0.2, -0.15) is 0 Å². The summed E-state index contributed by atoms with van der Waals surface area (Å²) in [6.45, 7) is 0. The maximum Gasteiger partial charge on any atom is 0.258 e. The first-order valence-electron chi connectivity index (χ1n) is 5.09. The highest BCUT2D eigenvalue weighted by molar-refractivity contribution is 5.90. The third kappa shape index (κ3) is 1.57. The molecule has 0 saturated carbocycles. The molecule has 0 fully saturated rings. The molecule has 3 aromatic rings. The molecule has 3 aromatic heterocycles. The van der Waals surface area contributed by atoms with Crippen LogP contribution in [-0.4, -0.2) is 19.9 Å². The lowest BCUT2D eigenvalue weighted by Gasteiger charge is -2.02. The molecule has 0 bridgehead atoms. The van der Waals surface area contributed by atoms with Crippen molar-refractivity contribution in [1.29, 1.82) is 0 Å². The van der Waals surface area contributed by atoms with E-state index in [1.807, 2.05) is 12.1 Å². The van der Waals surface area contributed by atoms with Gasteiger partial charge in [-0.3, -0.25) is 14.8 Å². The molecule has 0 amide bonds. The summed E-state index contributed by atoms with van der Waals surface area (Å²) in [7, 11) is 0. The molecular weight excluding hydrogens is 216 g/mol. The summed E-state index contributed by atoms with van der Waals surface area (Å²) in [6.07, 6.45) is 6.37. The van der Waals surface area contributed by atoms with E-state index in [4.69, 9.17) is 0 Å². The van der Waals surface area contributed by atoms with Gasteiger partial charge in [-0.15, -0.1) is 0 Å². The summed E-state index contributed by atoms with van der Waals surface area (Å²) in [6, 6.07) is 5.36. The van der Waals surface area contributed by atoms with Crippen LogP contribution in [0, 0.1) is 0 Å². The van der Waals surface area contributed by atoms with E-state index >= 15 is 0 Å². The van der Waals surface area contributed by atoms with Crippen molar-refractivity contribution < 1.29 is 0 Å². The molecule has 3 rings (SSSR count). The Hall–Kier alpha value is -2.56. The highest BCUT2D eigenvalue weighted by atomic mass is 16.1. The summed E-state index contributed by atoms with van der Waals surface area (Å²) in [4.78, 5) is 26.6. The van der Waals surface area contributed by atoms with Crippen molar-refractivity contribution in [1.82, 2.24) is 19.9 Å². The number of hydrogen-bond donors (Lipinski definition) is 1. The molecule has 5 heteroatoms. The number of nitrogens with zero attached hydrogens (tertiary/aromatic N) is 3. The Morgan fingerprint density at radius 1 is 1.12 bits per heavy atom. The number of pyridine rings is 2. The van der Waals surface area contributed by atoms with Crippen LogP contribution in [0.5, 0.6) is 0 Å². The molecule has 0 atom stereocenters. The van der Waals surface area contributed by atoms with Crippen molar-refractivity contribution >= 4 is 10.9 Å². The van der Waals surface area contributed by atoms with Gasteiger partial charge in [-0.1, -0.05) is 0 Å². The topological polar surface area (TPSA) is 71.5 Å². The monoisotopic (exact) mass is 224 g/mol. The Bertz CT molecular complexity index is 721. The average molecular weight is 224 g/mol. The van der Waals surface area contributed by atoms with Gasteiger partial charge in [0.15, 0.2) is 0 Å². The minimum absolute atomic E-state index is 0.164. The Morgan fingerprint density at radius 3 is 2.88 bits per heavy atom. The number of nitrogens with one attached hydrogen (secondary N) is 1. The lowest BCUT2D eigenvalue weighted by Crippen LogP contribution is -2.07. The fourth-order valence-electron chi connectivity index (χ4n) is 1.72. The first kappa shape index (κ1) is 9.65. The van der Waals surface area contributed by atoms with Crippen molar-refractivity contribution in [3.63, 3.8) is 0 Å². The number of hydrogen-bond acceptors (Lipinski definition) is 4. The molecule has 17 heavy (non-hydrogen) atoms. The number of rotatable bonds is 1. The molecule has 0 saturated heterocycles. The van der Waals surface area contributed by atoms with Crippen LogP contribution in [0.2, 0.25) is 0 Å². The van der Waals surface area contributed by atoms with E-state index < -0.39 is 0 Å². The fourth-order valence-corrected chi connectivity index (χ4v) is 1.72. The second-order valence-corrected chi connectivity index (χ2v) is 3.53. The molecule has 0 unspecified atom stereocenters. The van der Waals surface area contributed by atoms with Crippen molar-refractivity contribution in [2.24, 2.45) is 0 Å². The molecule has 0 spiro atoms. The number of aromatic nitrogens is 4. The van der Waals surface area contributed by atoms with E-state index in [1.54, 1.807) is 24.7 Å². The standard InChI is InChI=1S/C12H8N4O/c17-12-9-3-5-14-10(11(9)15-7-16-12)8-2-1-4-13-6-8/h1-7H,(H,15,16,17). The van der Waals surface area contributed by atoms with Crippen molar-refractivity contribution in [3.8, 4) is 11.3 Å². The van der Waals surface area contributed by atoms with E-state index in [1.165, 1.54) is 6.33 Å². The van der Waals surface area contributed by atoms with Crippen LogP contribution in [0.4, 0.5) is 0 Å². The SMILES string of the molecule is O=c1[nH]cnc2c(-c3cccnc3)nccc12. The smallest absolute Gasteiger partial charge is 0.258 e. The summed E-state index contributed by atoms with van der Waals surface area (Å²) in [5.74, 6) is 0. The zero-order chi connectivity index (χ0) is 11.7. The molecule has 0 radical (unpaired) electrons. The summed E-state index contributed by atoms with van der Waals surface area (Å²) < 4.78 is 0. The van der Waals surface area contributed by atoms with Crippen LogP contribution >= 0.6 is 0 Å². The van der Waals surface area contributed by atoms with Gasteiger partial charge in [0.05, 0.1) is 17.4 Å². The number of aromatic amines is 1. The molecule has 0 aliphatic rings. The zero-order valence-electron chi connectivity index (χ0n) is 8.79. The van der Waals surface area contributed by atoms with Gasteiger partial charge in [0.2, 0.25) is 0 Å². The number of H-pyrrole nitrogens is 1. The highest BCUT2D eigenvalue weighted by Gasteiger charge is 2.08. The van der Waals surface area contributed by atoms with E-state index in [9.17, 15) is 4.79 Å². The van der Waals surface area contributed by atoms with E-state index in [0.717, 1.165) is 5.56 Å². The van der Waals surface area contributed by atoms with Crippen molar-refractivity contribution in [2.75, 3.05) is 0 Å². The molecule has 1 N–H and O–H groups in total. The van der Waals surface area contributed by atoms with Gasteiger partial charge in [-0.05, 0) is 18.2 Å². The van der Waals surface area contributed by atoms with Crippen LogP contribution in [0.3, 0.4) is 0 Å². The minimum atomic E-state index is -0.164. The van der Waals surface area contributed by atoms with Crippen LogP contribution in [-0.2, 0) is 0 Å². The summed E-state index contributed by atoms with van der Waals surface area (Å²) in [5, 5.41) is 0.529. The quantitative estimate of drug-likeness (QED) is 0.677. The van der Waals surface area contributed by atoms with Gasteiger partial charge in [0, 0.05) is 24.2 Å². The fraction of sp³-hybridized carbons (Fsp3) is 0. The van der Waals surface area contributed by atoms with Crippen LogP contribution in [0.1, 0.15) is 0 Å². The van der Waals surface area contributed by atoms with Crippen LogP contribution in [0.25, 0.3) is 22.2 Å². The molecule has 0 aliphatic carbocycles. The second kappa shape index (κ2) is 3.79. The lowest BCUT2D eigenvalue weighted by atomic mass is 10.1. The van der Waals surface area contributed by atoms with Gasteiger partial charge in [-0.25, -0.2) is 4.98 Å². The van der Waals surface area contributed by atoms with Gasteiger partial charge < -0.3 is 4.98 Å². The third-order valence-electron chi connectivity index (χ3n) is 2.49. The molecule has 0 aliphatic heterocycles. The average Bonchev–Trinajstić information content (AvgIpc) is 2.40. The van der Waals surface area contributed by atoms with Crippen LogP contribution in [0.15, 0.2) is 47.9 Å². The van der Waals surface area contributed by atoms with E-state index in [2.05, 4.69) is 19.9 Å². The molecule has 5 nitrogen and oxygen atoms in total.